The van der Waals surface area contributed by atoms with Crippen LogP contribution in [0.4, 0.5) is 0 Å². The molecule has 0 rings (SSSR count). The van der Waals surface area contributed by atoms with E-state index >= 15 is 0 Å². The van der Waals surface area contributed by atoms with E-state index in [4.69, 9.17) is 0 Å². The van der Waals surface area contributed by atoms with Crippen molar-refractivity contribution in [3.8, 4) is 0 Å². The largest absolute Gasteiger partial charge is 0.312 e. The summed E-state index contributed by atoms with van der Waals surface area (Å²) < 4.78 is 0. The van der Waals surface area contributed by atoms with E-state index in [0.29, 0.717) is 11.5 Å². The summed E-state index contributed by atoms with van der Waals surface area (Å²) >= 11 is 0. The second kappa shape index (κ2) is 4.83. The molecule has 0 aromatic carbocycles. The first kappa shape index (κ1) is 11.9. The van der Waals surface area contributed by atoms with E-state index < -0.39 is 0 Å². The van der Waals surface area contributed by atoms with Crippen LogP contribution in [0.25, 0.3) is 0 Å². The first-order valence-electron chi connectivity index (χ1n) is 4.69. The Bertz CT molecular complexity index is 113. The van der Waals surface area contributed by atoms with Crippen LogP contribution in [-0.2, 0) is 0 Å². The SMILES string of the molecule is CC(CN(C)C)NCC(C)(C)C. The second-order valence-corrected chi connectivity index (χ2v) is 5.10. The lowest BCUT2D eigenvalue weighted by atomic mass is 9.96. The third-order valence-electron chi connectivity index (χ3n) is 1.62. The van der Waals surface area contributed by atoms with Crippen LogP contribution in [-0.4, -0.2) is 38.1 Å². The van der Waals surface area contributed by atoms with Gasteiger partial charge in [0.25, 0.3) is 0 Å². The molecule has 2 nitrogen and oxygen atoms in total. The van der Waals surface area contributed by atoms with Crippen LogP contribution in [0, 0.1) is 5.41 Å². The zero-order chi connectivity index (χ0) is 9.78. The molecule has 2 heteroatoms. The zero-order valence-electron chi connectivity index (χ0n) is 9.44. The molecule has 1 N–H and O–H groups in total. The Balaban J connectivity index is 3.51. The van der Waals surface area contributed by atoms with Gasteiger partial charge in [-0.1, -0.05) is 20.8 Å². The summed E-state index contributed by atoms with van der Waals surface area (Å²) in [4.78, 5) is 2.21. The number of rotatable bonds is 4. The highest BCUT2D eigenvalue weighted by molar-refractivity contribution is 4.70. The fourth-order valence-electron chi connectivity index (χ4n) is 1.09. The van der Waals surface area contributed by atoms with Crippen molar-refractivity contribution in [2.45, 2.75) is 33.7 Å². The van der Waals surface area contributed by atoms with Gasteiger partial charge in [-0.3, -0.25) is 0 Å². The van der Waals surface area contributed by atoms with Crippen molar-refractivity contribution in [3.63, 3.8) is 0 Å². The number of hydrogen-bond donors (Lipinski definition) is 1. The fourth-order valence-corrected chi connectivity index (χ4v) is 1.09. The van der Waals surface area contributed by atoms with E-state index in [1.54, 1.807) is 0 Å². The highest BCUT2D eigenvalue weighted by Gasteiger charge is 2.11. The molecule has 0 amide bonds. The molecule has 0 bridgehead atoms. The highest BCUT2D eigenvalue weighted by atomic mass is 15.1. The number of nitrogens with one attached hydrogen (secondary N) is 1. The molecule has 74 valence electrons. The Labute approximate surface area is 77.3 Å². The van der Waals surface area contributed by atoms with Crippen molar-refractivity contribution >= 4 is 0 Å². The molecule has 0 fully saturated rings. The molecule has 12 heavy (non-hydrogen) atoms. The normalized spacial score (nSPS) is 15.2. The molecule has 0 aromatic heterocycles. The van der Waals surface area contributed by atoms with Gasteiger partial charge in [-0.05, 0) is 26.4 Å². The summed E-state index contributed by atoms with van der Waals surface area (Å²) in [6, 6.07) is 0.583. The summed E-state index contributed by atoms with van der Waals surface area (Å²) in [7, 11) is 4.21. The molecule has 1 unspecified atom stereocenters. The van der Waals surface area contributed by atoms with Crippen molar-refractivity contribution in [2.75, 3.05) is 27.2 Å². The maximum atomic E-state index is 3.51. The van der Waals surface area contributed by atoms with E-state index in [0.717, 1.165) is 13.1 Å². The topological polar surface area (TPSA) is 15.3 Å². The highest BCUT2D eigenvalue weighted by Crippen LogP contribution is 2.10. The average molecular weight is 172 g/mol. The van der Waals surface area contributed by atoms with Gasteiger partial charge in [0.2, 0.25) is 0 Å². The van der Waals surface area contributed by atoms with Gasteiger partial charge >= 0.3 is 0 Å². The minimum absolute atomic E-state index is 0.389. The number of nitrogens with zero attached hydrogens (tertiary/aromatic N) is 1. The Morgan fingerprint density at radius 2 is 1.75 bits per heavy atom. The lowest BCUT2D eigenvalue weighted by Gasteiger charge is -2.24. The molecule has 0 aliphatic heterocycles. The van der Waals surface area contributed by atoms with Gasteiger partial charge < -0.3 is 10.2 Å². The average Bonchev–Trinajstić information content (AvgIpc) is 1.80. The molecule has 0 aliphatic rings. The number of hydrogen-bond acceptors (Lipinski definition) is 2. The van der Waals surface area contributed by atoms with Gasteiger partial charge in [0, 0.05) is 19.1 Å². The zero-order valence-corrected chi connectivity index (χ0v) is 9.44. The van der Waals surface area contributed by atoms with Crippen LogP contribution in [0.15, 0.2) is 0 Å². The Hall–Kier alpha value is -0.0800. The van der Waals surface area contributed by atoms with E-state index in [-0.39, 0.29) is 0 Å². The summed E-state index contributed by atoms with van der Waals surface area (Å²) in [5.41, 5.74) is 0.389. The van der Waals surface area contributed by atoms with Gasteiger partial charge in [-0.15, -0.1) is 0 Å². The molecule has 0 saturated carbocycles. The van der Waals surface area contributed by atoms with Crippen molar-refractivity contribution < 1.29 is 0 Å². The molecule has 0 heterocycles. The van der Waals surface area contributed by atoms with Crippen LogP contribution in [0.5, 0.6) is 0 Å². The maximum Gasteiger partial charge on any atom is 0.0166 e. The van der Waals surface area contributed by atoms with Gasteiger partial charge in [-0.2, -0.15) is 0 Å². The third kappa shape index (κ3) is 8.02. The van der Waals surface area contributed by atoms with Crippen LogP contribution in [0.1, 0.15) is 27.7 Å². The molecular formula is C10H24N2. The second-order valence-electron chi connectivity index (χ2n) is 5.10. The molecule has 0 aromatic rings. The third-order valence-corrected chi connectivity index (χ3v) is 1.62. The Kier molecular flexibility index (Phi) is 4.80. The minimum Gasteiger partial charge on any atom is -0.312 e. The molecule has 0 radical (unpaired) electrons. The summed E-state index contributed by atoms with van der Waals surface area (Å²) in [6.07, 6.45) is 0. The molecule has 0 aliphatic carbocycles. The van der Waals surface area contributed by atoms with Crippen molar-refractivity contribution in [1.82, 2.24) is 10.2 Å². The van der Waals surface area contributed by atoms with E-state index in [1.165, 1.54) is 0 Å². The Morgan fingerprint density at radius 1 is 1.25 bits per heavy atom. The summed E-state index contributed by atoms with van der Waals surface area (Å²) in [5, 5.41) is 3.51. The van der Waals surface area contributed by atoms with E-state index in [2.05, 4.69) is 52.0 Å². The van der Waals surface area contributed by atoms with Crippen LogP contribution in [0.2, 0.25) is 0 Å². The van der Waals surface area contributed by atoms with Crippen LogP contribution >= 0.6 is 0 Å². The fraction of sp³-hybridized carbons (Fsp3) is 1.00. The molecule has 0 saturated heterocycles. The quantitative estimate of drug-likeness (QED) is 0.692. The van der Waals surface area contributed by atoms with Crippen LogP contribution in [0.3, 0.4) is 0 Å². The monoisotopic (exact) mass is 172 g/mol. The van der Waals surface area contributed by atoms with Crippen molar-refractivity contribution in [2.24, 2.45) is 5.41 Å². The van der Waals surface area contributed by atoms with Crippen molar-refractivity contribution in [1.29, 1.82) is 0 Å². The molecular weight excluding hydrogens is 148 g/mol. The lowest BCUT2D eigenvalue weighted by molar-refractivity contribution is 0.307. The number of likely N-dealkylation sites (N-methyl/N-ethyl adjacent to an activating group) is 1. The standard InChI is InChI=1S/C10H24N2/c1-9(7-12(5)6)11-8-10(2,3)4/h9,11H,7-8H2,1-6H3. The maximum absolute atomic E-state index is 3.51. The van der Waals surface area contributed by atoms with Gasteiger partial charge in [0.15, 0.2) is 0 Å². The van der Waals surface area contributed by atoms with Crippen LogP contribution < -0.4 is 5.32 Å². The molecule has 1 atom stereocenters. The van der Waals surface area contributed by atoms with Crippen molar-refractivity contribution in [3.05, 3.63) is 0 Å². The smallest absolute Gasteiger partial charge is 0.0166 e. The lowest BCUT2D eigenvalue weighted by Crippen LogP contribution is -2.39. The van der Waals surface area contributed by atoms with E-state index in [9.17, 15) is 0 Å². The summed E-state index contributed by atoms with van der Waals surface area (Å²) in [5.74, 6) is 0. The van der Waals surface area contributed by atoms with Gasteiger partial charge in [0.1, 0.15) is 0 Å². The Morgan fingerprint density at radius 3 is 2.08 bits per heavy atom. The minimum atomic E-state index is 0.389. The van der Waals surface area contributed by atoms with Gasteiger partial charge in [0.05, 0.1) is 0 Å². The molecule has 0 spiro atoms. The van der Waals surface area contributed by atoms with Gasteiger partial charge in [-0.25, -0.2) is 0 Å². The first-order chi connectivity index (χ1) is 5.31. The predicted octanol–water partition coefficient (Wildman–Crippen LogP) is 1.57. The summed E-state index contributed by atoms with van der Waals surface area (Å²) in [6.45, 7) is 11.2. The predicted molar refractivity (Wildman–Crippen MR) is 55.5 cm³/mol. The first-order valence-corrected chi connectivity index (χ1v) is 4.69. The van der Waals surface area contributed by atoms with E-state index in [1.807, 2.05) is 0 Å².